The predicted molar refractivity (Wildman–Crippen MR) is 151 cm³/mol. The lowest BCUT2D eigenvalue weighted by Gasteiger charge is -2.60. The van der Waals surface area contributed by atoms with E-state index in [1.807, 2.05) is 12.2 Å². The molecule has 4 aliphatic rings. The fourth-order valence-corrected chi connectivity index (χ4v) is 8.77. The highest BCUT2D eigenvalue weighted by Crippen LogP contribution is 2.67. The Balaban J connectivity index is 1.40. The molecule has 0 bridgehead atoms. The van der Waals surface area contributed by atoms with Gasteiger partial charge in [-0.15, -0.1) is 0 Å². The molecule has 0 aliphatic heterocycles. The van der Waals surface area contributed by atoms with Crippen molar-refractivity contribution in [3.8, 4) is 0 Å². The van der Waals surface area contributed by atoms with E-state index in [2.05, 4.69) is 13.8 Å². The summed E-state index contributed by atoms with van der Waals surface area (Å²) in [4.78, 5) is 36.7. The van der Waals surface area contributed by atoms with E-state index >= 15 is 0 Å². The maximum atomic E-state index is 12.4. The molecule has 0 radical (unpaired) electrons. The number of esters is 2. The zero-order valence-corrected chi connectivity index (χ0v) is 24.4. The van der Waals surface area contributed by atoms with E-state index in [-0.39, 0.29) is 41.3 Å². The first kappa shape index (κ1) is 30.0. The standard InChI is InChI=1S/C33H50O6/c1-23(35)39-29-14-13-27-31-24(11-10-12-30(37)38-20-9-7-5-4-6-8-19-34)21-25-22-26(36)15-17-32(25,2)28(31)16-18-33(27,29)3/h10,12,22,24,27-29,31,34H,4-9,11,13-21H2,1-3H3/b12-10+/t24-,27+,28+,29+,31+,32+,33+/m1/s1. The topological polar surface area (TPSA) is 89.9 Å². The quantitative estimate of drug-likeness (QED) is 0.172. The highest BCUT2D eigenvalue weighted by molar-refractivity contribution is 5.91. The Kier molecular flexibility index (Phi) is 10.1. The highest BCUT2D eigenvalue weighted by Gasteiger charge is 2.61. The van der Waals surface area contributed by atoms with E-state index in [9.17, 15) is 14.4 Å². The van der Waals surface area contributed by atoms with Gasteiger partial charge in [0.1, 0.15) is 6.10 Å². The molecule has 3 fully saturated rings. The number of aliphatic hydroxyl groups excluding tert-OH is 1. The summed E-state index contributed by atoms with van der Waals surface area (Å²) in [5, 5.41) is 8.85. The highest BCUT2D eigenvalue weighted by atomic mass is 16.5. The average molecular weight is 543 g/mol. The van der Waals surface area contributed by atoms with Gasteiger partial charge < -0.3 is 14.6 Å². The van der Waals surface area contributed by atoms with Crippen molar-refractivity contribution in [2.75, 3.05) is 13.2 Å². The van der Waals surface area contributed by atoms with Crippen LogP contribution in [0.3, 0.4) is 0 Å². The molecule has 0 aromatic heterocycles. The fraction of sp³-hybridized carbons (Fsp3) is 0.788. The van der Waals surface area contributed by atoms with Crippen LogP contribution in [0.25, 0.3) is 0 Å². The normalized spacial score (nSPS) is 35.6. The van der Waals surface area contributed by atoms with Crippen LogP contribution in [-0.2, 0) is 23.9 Å². The van der Waals surface area contributed by atoms with Gasteiger partial charge in [0.15, 0.2) is 5.78 Å². The first-order valence-electron chi connectivity index (χ1n) is 15.5. The summed E-state index contributed by atoms with van der Waals surface area (Å²) < 4.78 is 11.3. The molecule has 0 unspecified atom stereocenters. The number of fused-ring (bicyclic) bond motifs is 5. The van der Waals surface area contributed by atoms with Crippen LogP contribution in [-0.4, -0.2) is 42.1 Å². The van der Waals surface area contributed by atoms with E-state index in [1.54, 1.807) is 6.08 Å². The lowest BCUT2D eigenvalue weighted by Crippen LogP contribution is -2.54. The molecule has 39 heavy (non-hydrogen) atoms. The van der Waals surface area contributed by atoms with Crippen molar-refractivity contribution in [2.24, 2.45) is 34.5 Å². The minimum absolute atomic E-state index is 0.00606. The Morgan fingerprint density at radius 1 is 1.03 bits per heavy atom. The molecule has 0 spiro atoms. The van der Waals surface area contributed by atoms with Gasteiger partial charge in [-0.1, -0.05) is 51.2 Å². The summed E-state index contributed by atoms with van der Waals surface area (Å²) in [6.07, 6.45) is 19.0. The Bertz CT molecular complexity index is 952. The molecule has 0 saturated heterocycles. The maximum absolute atomic E-state index is 12.4. The molecule has 3 saturated carbocycles. The van der Waals surface area contributed by atoms with Crippen molar-refractivity contribution in [2.45, 2.75) is 117 Å². The monoisotopic (exact) mass is 542 g/mol. The molecule has 4 rings (SSSR count). The van der Waals surface area contributed by atoms with Crippen LogP contribution >= 0.6 is 0 Å². The third-order valence-electron chi connectivity index (χ3n) is 10.8. The number of allylic oxidation sites excluding steroid dienone is 2. The second-order valence-corrected chi connectivity index (χ2v) is 13.2. The van der Waals surface area contributed by atoms with Crippen LogP contribution in [0.15, 0.2) is 23.8 Å². The summed E-state index contributed by atoms with van der Waals surface area (Å²) in [5.74, 6) is 1.65. The number of carbonyl (C=O) groups excluding carboxylic acids is 3. The van der Waals surface area contributed by atoms with E-state index in [0.717, 1.165) is 83.5 Å². The second-order valence-electron chi connectivity index (χ2n) is 13.2. The zero-order chi connectivity index (χ0) is 28.0. The summed E-state index contributed by atoms with van der Waals surface area (Å²) >= 11 is 0. The van der Waals surface area contributed by atoms with Crippen molar-refractivity contribution in [3.05, 3.63) is 23.8 Å². The first-order valence-corrected chi connectivity index (χ1v) is 15.5. The summed E-state index contributed by atoms with van der Waals surface area (Å²) in [6.45, 7) is 6.95. The molecular weight excluding hydrogens is 492 g/mol. The molecule has 0 heterocycles. The van der Waals surface area contributed by atoms with E-state index in [1.165, 1.54) is 12.5 Å². The SMILES string of the molecule is CC(=O)O[C@H]1CC[C@H]2[C@@H]3[C@H](C/C=C/C(=O)OCCCCCCCCO)CC4=CC(=O)CC[C@]4(C)[C@H]3CC[C@]12C. The maximum Gasteiger partial charge on any atom is 0.330 e. The Hall–Kier alpha value is -1.95. The van der Waals surface area contributed by atoms with Crippen LogP contribution in [0.1, 0.15) is 111 Å². The van der Waals surface area contributed by atoms with Gasteiger partial charge in [-0.05, 0) is 93.0 Å². The Labute approximate surface area is 235 Å². The Morgan fingerprint density at radius 2 is 1.77 bits per heavy atom. The average Bonchev–Trinajstić information content (AvgIpc) is 3.21. The first-order chi connectivity index (χ1) is 18.7. The zero-order valence-electron chi connectivity index (χ0n) is 24.4. The molecule has 0 aromatic rings. The summed E-state index contributed by atoms with van der Waals surface area (Å²) in [6, 6.07) is 0. The lowest BCUT2D eigenvalue weighted by atomic mass is 9.44. The molecule has 0 amide bonds. The molecule has 0 aromatic carbocycles. The second kappa shape index (κ2) is 13.1. The van der Waals surface area contributed by atoms with Crippen molar-refractivity contribution >= 4 is 17.7 Å². The molecule has 6 nitrogen and oxygen atoms in total. The predicted octanol–water partition coefficient (Wildman–Crippen LogP) is 6.50. The number of hydrogen-bond donors (Lipinski definition) is 1. The number of rotatable bonds is 12. The molecule has 6 heteroatoms. The third kappa shape index (κ3) is 6.69. The van der Waals surface area contributed by atoms with E-state index in [0.29, 0.717) is 36.7 Å². The number of ether oxygens (including phenoxy) is 2. The van der Waals surface area contributed by atoms with Crippen molar-refractivity contribution in [1.29, 1.82) is 0 Å². The van der Waals surface area contributed by atoms with Crippen LogP contribution in [0, 0.1) is 34.5 Å². The van der Waals surface area contributed by atoms with Crippen molar-refractivity contribution in [1.82, 2.24) is 0 Å². The van der Waals surface area contributed by atoms with Gasteiger partial charge in [0.05, 0.1) is 6.61 Å². The number of ketones is 1. The van der Waals surface area contributed by atoms with Gasteiger partial charge in [0.25, 0.3) is 0 Å². The fourth-order valence-electron chi connectivity index (χ4n) is 8.77. The van der Waals surface area contributed by atoms with Gasteiger partial charge in [-0.2, -0.15) is 0 Å². The smallest absolute Gasteiger partial charge is 0.330 e. The molecule has 218 valence electrons. The van der Waals surface area contributed by atoms with Gasteiger partial charge in [-0.3, -0.25) is 9.59 Å². The molecule has 4 aliphatic carbocycles. The Morgan fingerprint density at radius 3 is 2.51 bits per heavy atom. The van der Waals surface area contributed by atoms with Crippen LogP contribution in [0.4, 0.5) is 0 Å². The lowest BCUT2D eigenvalue weighted by molar-refractivity contribution is -0.158. The third-order valence-corrected chi connectivity index (χ3v) is 10.8. The summed E-state index contributed by atoms with van der Waals surface area (Å²) in [7, 11) is 0. The number of unbranched alkanes of at least 4 members (excludes halogenated alkanes) is 5. The van der Waals surface area contributed by atoms with Crippen LogP contribution in [0.2, 0.25) is 0 Å². The van der Waals surface area contributed by atoms with Gasteiger partial charge in [-0.25, -0.2) is 4.79 Å². The van der Waals surface area contributed by atoms with E-state index < -0.39 is 0 Å². The van der Waals surface area contributed by atoms with Gasteiger partial charge in [0, 0.05) is 31.4 Å². The summed E-state index contributed by atoms with van der Waals surface area (Å²) in [5.41, 5.74) is 1.38. The van der Waals surface area contributed by atoms with Crippen molar-refractivity contribution in [3.63, 3.8) is 0 Å². The molecule has 7 atom stereocenters. The number of carbonyl (C=O) groups is 3. The minimum Gasteiger partial charge on any atom is -0.463 e. The van der Waals surface area contributed by atoms with Crippen molar-refractivity contribution < 1.29 is 29.0 Å². The number of hydrogen-bond acceptors (Lipinski definition) is 6. The van der Waals surface area contributed by atoms with Gasteiger partial charge >= 0.3 is 11.9 Å². The van der Waals surface area contributed by atoms with Gasteiger partial charge in [0.2, 0.25) is 0 Å². The van der Waals surface area contributed by atoms with Crippen LogP contribution < -0.4 is 0 Å². The molecule has 1 N–H and O–H groups in total. The number of aliphatic hydroxyl groups is 1. The van der Waals surface area contributed by atoms with E-state index in [4.69, 9.17) is 14.6 Å². The largest absolute Gasteiger partial charge is 0.463 e. The minimum atomic E-state index is -0.274. The molecular formula is C33H50O6. The van der Waals surface area contributed by atoms with Crippen LogP contribution in [0.5, 0.6) is 0 Å².